The van der Waals surface area contributed by atoms with Crippen molar-refractivity contribution in [2.45, 2.75) is 13.1 Å². The molecule has 1 aliphatic heterocycles. The van der Waals surface area contributed by atoms with Crippen LogP contribution in [0.15, 0.2) is 33.5 Å². The van der Waals surface area contributed by atoms with E-state index in [-0.39, 0.29) is 5.56 Å². The number of para-hydroxylation sites is 1. The number of fused-ring (bicyclic) bond motifs is 1. The lowest BCUT2D eigenvalue weighted by Crippen LogP contribution is -2.16. The van der Waals surface area contributed by atoms with Crippen molar-refractivity contribution in [1.82, 2.24) is 15.3 Å². The average Bonchev–Trinajstić information content (AvgIpc) is 2.81. The highest BCUT2D eigenvalue weighted by atomic mass is 79.9. The van der Waals surface area contributed by atoms with Crippen LogP contribution >= 0.6 is 15.9 Å². The van der Waals surface area contributed by atoms with E-state index in [1.807, 2.05) is 24.3 Å². The number of nitrogens with one attached hydrogen (secondary N) is 3. The van der Waals surface area contributed by atoms with E-state index in [0.717, 1.165) is 21.4 Å². The molecular weight excluding hydrogens is 296 g/mol. The minimum absolute atomic E-state index is 0.0837. The molecule has 5 nitrogen and oxygen atoms in total. The Kier molecular flexibility index (Phi) is 2.89. The van der Waals surface area contributed by atoms with E-state index in [1.165, 1.54) is 0 Å². The van der Waals surface area contributed by atoms with Crippen LogP contribution < -0.4 is 16.2 Å². The third-order valence-electron chi connectivity index (χ3n) is 2.82. The van der Waals surface area contributed by atoms with Crippen LogP contribution in [0.2, 0.25) is 0 Å². The molecule has 0 unspecified atom stereocenters. The second kappa shape index (κ2) is 4.55. The summed E-state index contributed by atoms with van der Waals surface area (Å²) in [7, 11) is 0. The molecule has 18 heavy (non-hydrogen) atoms. The molecule has 1 aliphatic rings. The molecule has 6 heteroatoms. The summed E-state index contributed by atoms with van der Waals surface area (Å²) >= 11 is 3.44. The lowest BCUT2D eigenvalue weighted by molar-refractivity contribution is 0.757. The van der Waals surface area contributed by atoms with E-state index in [2.05, 4.69) is 36.5 Å². The van der Waals surface area contributed by atoms with Crippen molar-refractivity contribution in [3.05, 3.63) is 50.3 Å². The molecule has 0 bridgehead atoms. The topological polar surface area (TPSA) is 69.8 Å². The van der Waals surface area contributed by atoms with E-state index in [9.17, 15) is 4.79 Å². The van der Waals surface area contributed by atoms with Crippen molar-refractivity contribution in [3.8, 4) is 0 Å². The third-order valence-corrected chi connectivity index (χ3v) is 3.51. The smallest absolute Gasteiger partial charge is 0.257 e. The average molecular weight is 307 g/mol. The summed E-state index contributed by atoms with van der Waals surface area (Å²) in [5.41, 5.74) is 2.33. The first-order valence-electron chi connectivity index (χ1n) is 5.58. The maximum atomic E-state index is 11.8. The molecule has 1 aromatic heterocycles. The van der Waals surface area contributed by atoms with E-state index in [0.29, 0.717) is 19.0 Å². The summed E-state index contributed by atoms with van der Waals surface area (Å²) < 4.78 is 0.922. The number of halogens is 1. The van der Waals surface area contributed by atoms with Gasteiger partial charge in [0.25, 0.3) is 5.56 Å². The summed E-state index contributed by atoms with van der Waals surface area (Å²) in [6.45, 7) is 1.23. The predicted molar refractivity (Wildman–Crippen MR) is 72.8 cm³/mol. The monoisotopic (exact) mass is 306 g/mol. The number of aromatic nitrogens is 2. The Labute approximate surface area is 112 Å². The van der Waals surface area contributed by atoms with Gasteiger partial charge in [0.05, 0.1) is 16.9 Å². The minimum Gasteiger partial charge on any atom is -0.325 e. The Morgan fingerprint density at radius 2 is 2.11 bits per heavy atom. The van der Waals surface area contributed by atoms with Gasteiger partial charge in [-0.1, -0.05) is 12.1 Å². The number of H-pyrrole nitrogens is 1. The normalized spacial score (nSPS) is 13.4. The quantitative estimate of drug-likeness (QED) is 0.792. The standard InChI is InChI=1S/C12H11BrN4O/c13-8-3-1-2-4-9(8)15-12-16-10-6-14-5-7(10)11(18)17-12/h1-4,14H,5-6H2,(H2,15,16,17,18). The van der Waals surface area contributed by atoms with Crippen molar-refractivity contribution in [2.24, 2.45) is 0 Å². The van der Waals surface area contributed by atoms with E-state index < -0.39 is 0 Å². The molecular formula is C12H11BrN4O. The Hall–Kier alpha value is -1.66. The van der Waals surface area contributed by atoms with Crippen LogP contribution in [-0.4, -0.2) is 9.97 Å². The van der Waals surface area contributed by atoms with Crippen LogP contribution in [0.25, 0.3) is 0 Å². The second-order valence-electron chi connectivity index (χ2n) is 4.05. The summed E-state index contributed by atoms with van der Waals surface area (Å²) in [5.74, 6) is 0.467. The fourth-order valence-corrected chi connectivity index (χ4v) is 2.31. The van der Waals surface area contributed by atoms with Crippen LogP contribution in [0.5, 0.6) is 0 Å². The number of rotatable bonds is 2. The highest BCUT2D eigenvalue weighted by molar-refractivity contribution is 9.10. The number of benzene rings is 1. The molecule has 0 amide bonds. The number of nitrogens with zero attached hydrogens (tertiary/aromatic N) is 1. The van der Waals surface area contributed by atoms with Gasteiger partial charge in [-0.25, -0.2) is 4.98 Å². The van der Waals surface area contributed by atoms with Crippen LogP contribution in [0.4, 0.5) is 11.6 Å². The fourth-order valence-electron chi connectivity index (χ4n) is 1.93. The molecule has 1 aromatic carbocycles. The minimum atomic E-state index is -0.0837. The van der Waals surface area contributed by atoms with Gasteiger partial charge in [0.1, 0.15) is 0 Å². The van der Waals surface area contributed by atoms with Gasteiger partial charge in [0.2, 0.25) is 5.95 Å². The molecule has 2 aromatic rings. The van der Waals surface area contributed by atoms with Gasteiger partial charge in [-0.2, -0.15) is 0 Å². The summed E-state index contributed by atoms with van der Waals surface area (Å²) in [6, 6.07) is 7.68. The first kappa shape index (κ1) is 11.4. The second-order valence-corrected chi connectivity index (χ2v) is 4.90. The summed E-state index contributed by atoms with van der Waals surface area (Å²) in [6.07, 6.45) is 0. The van der Waals surface area contributed by atoms with Gasteiger partial charge in [-0.3, -0.25) is 9.78 Å². The van der Waals surface area contributed by atoms with Gasteiger partial charge in [-0.15, -0.1) is 0 Å². The van der Waals surface area contributed by atoms with Gasteiger partial charge < -0.3 is 10.6 Å². The Balaban J connectivity index is 1.97. The summed E-state index contributed by atoms with van der Waals surface area (Å²) in [5, 5.41) is 6.21. The zero-order valence-corrected chi connectivity index (χ0v) is 11.0. The van der Waals surface area contributed by atoms with Crippen molar-refractivity contribution < 1.29 is 0 Å². The van der Waals surface area contributed by atoms with Crippen molar-refractivity contribution in [1.29, 1.82) is 0 Å². The molecule has 0 saturated carbocycles. The molecule has 92 valence electrons. The molecule has 0 atom stereocenters. The Bertz CT molecular complexity index is 653. The largest absolute Gasteiger partial charge is 0.325 e. The summed E-state index contributed by atoms with van der Waals surface area (Å²) in [4.78, 5) is 19.0. The van der Waals surface area contributed by atoms with Crippen molar-refractivity contribution in [3.63, 3.8) is 0 Å². The van der Waals surface area contributed by atoms with Gasteiger partial charge in [0, 0.05) is 17.6 Å². The number of hydrogen-bond donors (Lipinski definition) is 3. The SMILES string of the molecule is O=c1[nH]c(Nc2ccccc2Br)nc2c1CNC2. The highest BCUT2D eigenvalue weighted by Crippen LogP contribution is 2.23. The Morgan fingerprint density at radius 1 is 1.28 bits per heavy atom. The first-order chi connectivity index (χ1) is 8.74. The first-order valence-corrected chi connectivity index (χ1v) is 6.37. The zero-order chi connectivity index (χ0) is 12.5. The van der Waals surface area contributed by atoms with Crippen LogP contribution in [0.3, 0.4) is 0 Å². The van der Waals surface area contributed by atoms with Crippen LogP contribution in [-0.2, 0) is 13.1 Å². The molecule has 0 saturated heterocycles. The number of anilines is 2. The van der Waals surface area contributed by atoms with Crippen LogP contribution in [0.1, 0.15) is 11.3 Å². The van der Waals surface area contributed by atoms with E-state index in [4.69, 9.17) is 0 Å². The van der Waals surface area contributed by atoms with Crippen molar-refractivity contribution in [2.75, 3.05) is 5.32 Å². The molecule has 0 spiro atoms. The maximum absolute atomic E-state index is 11.8. The highest BCUT2D eigenvalue weighted by Gasteiger charge is 2.16. The fraction of sp³-hybridized carbons (Fsp3) is 0.167. The number of hydrogen-bond acceptors (Lipinski definition) is 4. The number of aromatic amines is 1. The van der Waals surface area contributed by atoms with Gasteiger partial charge >= 0.3 is 0 Å². The molecule has 0 fully saturated rings. The lowest BCUT2D eigenvalue weighted by Gasteiger charge is -2.08. The molecule has 3 rings (SSSR count). The van der Waals surface area contributed by atoms with Crippen molar-refractivity contribution >= 4 is 27.6 Å². The molecule has 3 N–H and O–H groups in total. The van der Waals surface area contributed by atoms with E-state index in [1.54, 1.807) is 0 Å². The molecule has 2 heterocycles. The predicted octanol–water partition coefficient (Wildman–Crippen LogP) is 1.88. The molecule has 0 radical (unpaired) electrons. The van der Waals surface area contributed by atoms with Gasteiger partial charge in [0.15, 0.2) is 0 Å². The lowest BCUT2D eigenvalue weighted by atomic mass is 10.3. The zero-order valence-electron chi connectivity index (χ0n) is 9.46. The Morgan fingerprint density at radius 3 is 2.94 bits per heavy atom. The van der Waals surface area contributed by atoms with Gasteiger partial charge in [-0.05, 0) is 28.1 Å². The van der Waals surface area contributed by atoms with E-state index >= 15 is 0 Å². The van der Waals surface area contributed by atoms with Crippen LogP contribution in [0, 0.1) is 0 Å². The maximum Gasteiger partial charge on any atom is 0.257 e. The molecule has 0 aliphatic carbocycles. The third kappa shape index (κ3) is 2.04.